The number of ether oxygens (including phenoxy) is 1. The van der Waals surface area contributed by atoms with Crippen LogP contribution in [-0.4, -0.2) is 47.3 Å². The molecule has 25 heavy (non-hydrogen) atoms. The molecule has 0 heterocycles. The molecule has 4 nitrogen and oxygen atoms in total. The molecule has 150 valence electrons. The molecule has 0 spiro atoms. The fourth-order valence-corrected chi connectivity index (χ4v) is 2.82. The topological polar surface area (TPSA) is 69.9 Å². The largest absolute Gasteiger partial charge is 0.394 e. The van der Waals surface area contributed by atoms with E-state index in [1.807, 2.05) is 0 Å². The molecule has 0 radical (unpaired) electrons. The van der Waals surface area contributed by atoms with Crippen LogP contribution >= 0.6 is 0 Å². The van der Waals surface area contributed by atoms with Gasteiger partial charge in [-0.15, -0.1) is 0 Å². The predicted octanol–water partition coefficient (Wildman–Crippen LogP) is 4.08. The number of aliphatic hydroxyl groups is 3. The number of unbranched alkanes of at least 4 members (excludes halogenated alkanes) is 1. The first-order valence-corrected chi connectivity index (χ1v) is 10.1. The van der Waals surface area contributed by atoms with Gasteiger partial charge in [0.15, 0.2) is 0 Å². The third-order valence-electron chi connectivity index (χ3n) is 4.65. The van der Waals surface area contributed by atoms with E-state index in [-0.39, 0.29) is 6.61 Å². The van der Waals surface area contributed by atoms with E-state index in [1.165, 1.54) is 44.1 Å². The van der Waals surface area contributed by atoms with Crippen molar-refractivity contribution in [1.82, 2.24) is 0 Å². The zero-order chi connectivity index (χ0) is 19.1. The lowest BCUT2D eigenvalue weighted by Crippen LogP contribution is -2.33. The second-order valence-electron chi connectivity index (χ2n) is 7.91. The quantitative estimate of drug-likeness (QED) is 0.287. The van der Waals surface area contributed by atoms with E-state index in [0.29, 0.717) is 6.61 Å². The average molecular weight is 359 g/mol. The highest BCUT2D eigenvalue weighted by Crippen LogP contribution is 2.19. The third kappa shape index (κ3) is 15.5. The monoisotopic (exact) mass is 358 g/mol. The lowest BCUT2D eigenvalue weighted by atomic mass is 9.94. The van der Waals surface area contributed by atoms with Gasteiger partial charge in [0.1, 0.15) is 12.2 Å². The van der Waals surface area contributed by atoms with E-state index in [1.54, 1.807) is 0 Å². The highest BCUT2D eigenvalue weighted by molar-refractivity contribution is 4.97. The Morgan fingerprint density at radius 3 is 2.28 bits per heavy atom. The van der Waals surface area contributed by atoms with E-state index < -0.39 is 18.8 Å². The van der Waals surface area contributed by atoms with Crippen molar-refractivity contribution >= 4 is 0 Å². The SMILES string of the molecule is C/C(=C\CCCOC[C@H](O)[C@H](O)CO)CCCC(C)CCCC(C)C. The summed E-state index contributed by atoms with van der Waals surface area (Å²) in [7, 11) is 0. The van der Waals surface area contributed by atoms with Crippen LogP contribution < -0.4 is 0 Å². The summed E-state index contributed by atoms with van der Waals surface area (Å²) in [4.78, 5) is 0. The molecule has 0 aliphatic heterocycles. The van der Waals surface area contributed by atoms with Gasteiger partial charge in [-0.25, -0.2) is 0 Å². The number of aliphatic hydroxyl groups excluding tert-OH is 3. The zero-order valence-corrected chi connectivity index (χ0v) is 16.9. The minimum Gasteiger partial charge on any atom is -0.394 e. The van der Waals surface area contributed by atoms with Crippen molar-refractivity contribution in [3.05, 3.63) is 11.6 Å². The Morgan fingerprint density at radius 2 is 1.64 bits per heavy atom. The van der Waals surface area contributed by atoms with Gasteiger partial charge in [-0.2, -0.15) is 0 Å². The van der Waals surface area contributed by atoms with Gasteiger partial charge in [-0.3, -0.25) is 0 Å². The third-order valence-corrected chi connectivity index (χ3v) is 4.65. The molecule has 0 aliphatic rings. The van der Waals surface area contributed by atoms with E-state index in [0.717, 1.165) is 24.7 Å². The molecule has 0 aliphatic carbocycles. The molecule has 0 amide bonds. The van der Waals surface area contributed by atoms with Crippen LogP contribution in [0.1, 0.15) is 79.1 Å². The second kappa shape index (κ2) is 15.8. The summed E-state index contributed by atoms with van der Waals surface area (Å²) in [6, 6.07) is 0. The smallest absolute Gasteiger partial charge is 0.105 e. The molecule has 3 N–H and O–H groups in total. The van der Waals surface area contributed by atoms with Gasteiger partial charge < -0.3 is 20.1 Å². The summed E-state index contributed by atoms with van der Waals surface area (Å²) < 4.78 is 5.32. The van der Waals surface area contributed by atoms with E-state index in [9.17, 15) is 10.2 Å². The highest BCUT2D eigenvalue weighted by Gasteiger charge is 2.14. The van der Waals surface area contributed by atoms with Crippen LogP contribution in [-0.2, 0) is 4.74 Å². The van der Waals surface area contributed by atoms with Crippen LogP contribution in [0, 0.1) is 11.8 Å². The van der Waals surface area contributed by atoms with Gasteiger partial charge in [0.05, 0.1) is 13.2 Å². The Morgan fingerprint density at radius 1 is 0.960 bits per heavy atom. The van der Waals surface area contributed by atoms with Crippen molar-refractivity contribution in [2.75, 3.05) is 19.8 Å². The fraction of sp³-hybridized carbons (Fsp3) is 0.905. The maximum Gasteiger partial charge on any atom is 0.105 e. The zero-order valence-electron chi connectivity index (χ0n) is 16.9. The molecule has 1 unspecified atom stereocenters. The number of hydrogen-bond acceptors (Lipinski definition) is 4. The van der Waals surface area contributed by atoms with Gasteiger partial charge in [0.2, 0.25) is 0 Å². The molecule has 0 rings (SSSR count). The Hall–Kier alpha value is -0.420. The van der Waals surface area contributed by atoms with Crippen LogP contribution in [0.2, 0.25) is 0 Å². The lowest BCUT2D eigenvalue weighted by Gasteiger charge is -2.15. The summed E-state index contributed by atoms with van der Waals surface area (Å²) in [5.74, 6) is 1.66. The predicted molar refractivity (Wildman–Crippen MR) is 105 cm³/mol. The van der Waals surface area contributed by atoms with Gasteiger partial charge in [-0.1, -0.05) is 58.1 Å². The fourth-order valence-electron chi connectivity index (χ4n) is 2.82. The van der Waals surface area contributed by atoms with Crippen LogP contribution in [0.3, 0.4) is 0 Å². The molecular weight excluding hydrogens is 316 g/mol. The van der Waals surface area contributed by atoms with E-state index in [4.69, 9.17) is 9.84 Å². The Balaban J connectivity index is 3.59. The molecular formula is C21H42O4. The van der Waals surface area contributed by atoms with Gasteiger partial charge in [0, 0.05) is 6.61 Å². The first-order valence-electron chi connectivity index (χ1n) is 10.1. The molecule has 0 aromatic heterocycles. The Kier molecular flexibility index (Phi) is 15.5. The summed E-state index contributed by atoms with van der Waals surface area (Å²) in [6.45, 7) is 9.35. The molecule has 0 aromatic carbocycles. The van der Waals surface area contributed by atoms with Crippen molar-refractivity contribution < 1.29 is 20.1 Å². The van der Waals surface area contributed by atoms with Gasteiger partial charge >= 0.3 is 0 Å². The molecule has 0 bridgehead atoms. The van der Waals surface area contributed by atoms with Gasteiger partial charge in [-0.05, 0) is 44.4 Å². The van der Waals surface area contributed by atoms with Crippen molar-refractivity contribution in [1.29, 1.82) is 0 Å². The number of allylic oxidation sites excluding steroid dienone is 2. The highest BCUT2D eigenvalue weighted by atomic mass is 16.5. The molecule has 3 atom stereocenters. The van der Waals surface area contributed by atoms with Gasteiger partial charge in [0.25, 0.3) is 0 Å². The number of hydrogen-bond donors (Lipinski definition) is 3. The average Bonchev–Trinajstić information content (AvgIpc) is 2.56. The van der Waals surface area contributed by atoms with Crippen molar-refractivity contribution in [3.63, 3.8) is 0 Å². The van der Waals surface area contributed by atoms with E-state index >= 15 is 0 Å². The molecule has 0 aromatic rings. The van der Waals surface area contributed by atoms with Crippen LogP contribution in [0.4, 0.5) is 0 Å². The summed E-state index contributed by atoms with van der Waals surface area (Å²) in [5.41, 5.74) is 1.45. The first-order chi connectivity index (χ1) is 11.9. The summed E-state index contributed by atoms with van der Waals surface area (Å²) in [6.07, 6.45) is 9.88. The normalized spacial score (nSPS) is 16.2. The van der Waals surface area contributed by atoms with Crippen LogP contribution in [0.25, 0.3) is 0 Å². The molecule has 0 fully saturated rings. The summed E-state index contributed by atoms with van der Waals surface area (Å²) >= 11 is 0. The molecule has 4 heteroatoms. The maximum atomic E-state index is 9.44. The Bertz CT molecular complexity index is 328. The minimum absolute atomic E-state index is 0.0686. The molecule has 0 saturated heterocycles. The van der Waals surface area contributed by atoms with E-state index in [2.05, 4.69) is 33.8 Å². The second-order valence-corrected chi connectivity index (χ2v) is 7.91. The minimum atomic E-state index is -1.12. The number of rotatable bonds is 16. The van der Waals surface area contributed by atoms with Crippen molar-refractivity contribution in [2.24, 2.45) is 11.8 Å². The Labute approximate surface area is 155 Å². The summed E-state index contributed by atoms with van der Waals surface area (Å²) in [5, 5.41) is 27.3. The standard InChI is InChI=1S/C21H42O4/c1-17(2)9-7-11-19(4)13-8-12-18(3)10-5-6-14-25-16-21(24)20(23)15-22/h10,17,19-24H,5-9,11-16H2,1-4H3/b18-10+/t19?,20-,21+/m1/s1. The van der Waals surface area contributed by atoms with Crippen LogP contribution in [0.15, 0.2) is 11.6 Å². The van der Waals surface area contributed by atoms with Crippen LogP contribution in [0.5, 0.6) is 0 Å². The van der Waals surface area contributed by atoms with Crippen molar-refractivity contribution in [3.8, 4) is 0 Å². The molecule has 0 saturated carbocycles. The lowest BCUT2D eigenvalue weighted by molar-refractivity contribution is -0.0568. The first kappa shape index (κ1) is 24.6. The maximum absolute atomic E-state index is 9.44. The van der Waals surface area contributed by atoms with Crippen molar-refractivity contribution in [2.45, 2.75) is 91.3 Å².